The van der Waals surface area contributed by atoms with E-state index < -0.39 is 0 Å². The average Bonchev–Trinajstić information content (AvgIpc) is 1.96. The molecule has 4 heteroatoms. The summed E-state index contributed by atoms with van der Waals surface area (Å²) in [6.07, 6.45) is 0. The zero-order valence-corrected chi connectivity index (χ0v) is 4.57. The minimum atomic E-state index is -0.375. The number of nitriles is 2. The monoisotopic (exact) mass is 148 g/mol. The van der Waals surface area contributed by atoms with Gasteiger partial charge in [0.15, 0.2) is 0 Å². The fourth-order valence-corrected chi connectivity index (χ4v) is 0. The van der Waals surface area contributed by atoms with Crippen LogP contribution in [0.1, 0.15) is 14.9 Å². The molecular formula is C6H16N2O2. The van der Waals surface area contributed by atoms with Crippen molar-refractivity contribution in [3.8, 4) is 12.6 Å². The Hall–Kier alpha value is -1.10. The molecule has 0 saturated heterocycles. The highest BCUT2D eigenvalue weighted by atomic mass is 16.2. The Bertz CT molecular complexity index is 65.9. The maximum atomic E-state index is 7.51. The van der Waals surface area contributed by atoms with Crippen molar-refractivity contribution in [2.75, 3.05) is 13.7 Å². The van der Waals surface area contributed by atoms with Crippen LogP contribution in [0.3, 0.4) is 0 Å². The summed E-state index contributed by atoms with van der Waals surface area (Å²) < 4.78 is 0. The third-order valence-electron chi connectivity index (χ3n) is 0.0707. The lowest BCUT2D eigenvalue weighted by Gasteiger charge is -1.50. The lowest BCUT2D eigenvalue weighted by atomic mass is 10.9. The van der Waals surface area contributed by atoms with Gasteiger partial charge in [-0.2, -0.15) is 5.26 Å². The van der Waals surface area contributed by atoms with Gasteiger partial charge in [0.25, 0.3) is 0 Å². The van der Waals surface area contributed by atoms with Gasteiger partial charge >= 0.3 is 0 Å². The molecule has 0 aromatic heterocycles. The Labute approximate surface area is 63.0 Å². The quantitative estimate of drug-likeness (QED) is 0.490. The second kappa shape index (κ2) is 464. The Morgan fingerprint density at radius 1 is 1.30 bits per heavy atom. The molecule has 4 nitrogen and oxygen atoms in total. The number of hydrogen-bond donors (Lipinski definition) is 2. The van der Waals surface area contributed by atoms with Crippen LogP contribution in [-0.4, -0.2) is 23.9 Å². The van der Waals surface area contributed by atoms with Gasteiger partial charge in [-0.3, -0.25) is 0 Å². The highest BCUT2D eigenvalue weighted by molar-refractivity contribution is 4.63. The second-order valence-corrected chi connectivity index (χ2v) is 0.316. The first-order valence-electron chi connectivity index (χ1n) is 1.60. The molecule has 2 N–H and O–H groups in total. The van der Waals surface area contributed by atoms with Crippen molar-refractivity contribution in [1.29, 1.82) is 10.5 Å². The highest BCUT2D eigenvalue weighted by Crippen LogP contribution is 1.34. The highest BCUT2D eigenvalue weighted by Gasteiger charge is 1.49. The van der Waals surface area contributed by atoms with E-state index in [0.29, 0.717) is 0 Å². The standard InChI is InChI=1S/C2H3NO.CHN.CH4O.2CH4/c3-1-2-4;2*1-2;;/h4H,2H2;1H;2H,1H3;2*1H4. The number of aliphatic hydroxyl groups is 2. The Morgan fingerprint density at radius 3 is 1.40 bits per heavy atom. The predicted molar refractivity (Wildman–Crippen MR) is 41.0 cm³/mol. The summed E-state index contributed by atoms with van der Waals surface area (Å²) in [7, 11) is 1.00. The van der Waals surface area contributed by atoms with Crippen LogP contribution in [0.2, 0.25) is 0 Å². The van der Waals surface area contributed by atoms with Gasteiger partial charge in [0.1, 0.15) is 6.61 Å². The average molecular weight is 148 g/mol. The summed E-state index contributed by atoms with van der Waals surface area (Å²) in [6.45, 7) is 3.12. The number of aliphatic hydroxyl groups excluding tert-OH is 2. The third kappa shape index (κ3) is 24000. The molecule has 0 aliphatic rings. The lowest BCUT2D eigenvalue weighted by Crippen LogP contribution is -1.64. The normalized spacial score (nSPS) is 2.80. The number of hydrogen-bond acceptors (Lipinski definition) is 4. The fraction of sp³-hybridized carbons (Fsp3) is 0.667. The Balaban J connectivity index is -0.0000000125. The maximum absolute atomic E-state index is 7.51. The van der Waals surface area contributed by atoms with Crippen LogP contribution in [0.4, 0.5) is 0 Å². The van der Waals surface area contributed by atoms with Gasteiger partial charge in [-0.05, 0) is 0 Å². The van der Waals surface area contributed by atoms with E-state index in [4.69, 9.17) is 20.7 Å². The van der Waals surface area contributed by atoms with E-state index in [2.05, 4.69) is 6.57 Å². The molecule has 0 bridgehead atoms. The van der Waals surface area contributed by atoms with E-state index in [-0.39, 0.29) is 21.5 Å². The molecule has 0 aromatic carbocycles. The predicted octanol–water partition coefficient (Wildman–Crippen LogP) is 0.523. The summed E-state index contributed by atoms with van der Waals surface area (Å²) in [5, 5.41) is 28.4. The minimum Gasteiger partial charge on any atom is -0.400 e. The minimum absolute atomic E-state index is 0. The molecule has 0 aliphatic carbocycles. The number of rotatable bonds is 0. The first kappa shape index (κ1) is 36.5. The van der Waals surface area contributed by atoms with Crippen molar-refractivity contribution in [3.63, 3.8) is 0 Å². The van der Waals surface area contributed by atoms with Crippen LogP contribution in [-0.2, 0) is 0 Å². The van der Waals surface area contributed by atoms with Crippen molar-refractivity contribution in [3.05, 3.63) is 0 Å². The molecule has 0 aromatic rings. The summed E-state index contributed by atoms with van der Waals surface area (Å²) in [5.41, 5.74) is 0. The summed E-state index contributed by atoms with van der Waals surface area (Å²) in [4.78, 5) is 0. The molecule has 0 heterocycles. The van der Waals surface area contributed by atoms with Crippen LogP contribution in [0.25, 0.3) is 0 Å². The second-order valence-electron chi connectivity index (χ2n) is 0.316. The molecule has 0 atom stereocenters. The van der Waals surface area contributed by atoms with Crippen LogP contribution >= 0.6 is 0 Å². The summed E-state index contributed by atoms with van der Waals surface area (Å²) >= 11 is 0. The summed E-state index contributed by atoms with van der Waals surface area (Å²) in [5.74, 6) is 0. The van der Waals surface area contributed by atoms with Gasteiger partial charge in [-0.15, -0.1) is 0 Å². The molecule has 10 heavy (non-hydrogen) atoms. The SMILES string of the molecule is C.C.C#N.CO.N#CCO. The molecule has 62 valence electrons. The topological polar surface area (TPSA) is 88.0 Å². The van der Waals surface area contributed by atoms with Gasteiger partial charge in [-0.1, -0.05) is 14.9 Å². The largest absolute Gasteiger partial charge is 0.400 e. The van der Waals surface area contributed by atoms with E-state index in [1.54, 1.807) is 0 Å². The molecule has 0 spiro atoms. The lowest BCUT2D eigenvalue weighted by molar-refractivity contribution is 0.348. The summed E-state index contributed by atoms with van der Waals surface area (Å²) in [6, 6.07) is 1.49. The van der Waals surface area contributed by atoms with Gasteiger partial charge in [0, 0.05) is 13.7 Å². The van der Waals surface area contributed by atoms with Gasteiger partial charge in [0.05, 0.1) is 6.07 Å². The third-order valence-corrected chi connectivity index (χ3v) is 0.0707. The van der Waals surface area contributed by atoms with Crippen molar-refractivity contribution in [1.82, 2.24) is 0 Å². The van der Waals surface area contributed by atoms with E-state index in [1.165, 1.54) is 6.07 Å². The molecular weight excluding hydrogens is 132 g/mol. The molecule has 0 saturated carbocycles. The van der Waals surface area contributed by atoms with Crippen molar-refractivity contribution >= 4 is 0 Å². The van der Waals surface area contributed by atoms with Crippen LogP contribution in [0.5, 0.6) is 0 Å². The van der Waals surface area contributed by atoms with Crippen molar-refractivity contribution in [2.24, 2.45) is 0 Å². The molecule has 0 aliphatic heterocycles. The smallest absolute Gasteiger partial charge is 0.130 e. The van der Waals surface area contributed by atoms with Gasteiger partial charge < -0.3 is 10.2 Å². The molecule has 0 radical (unpaired) electrons. The molecule has 0 rings (SSSR count). The Morgan fingerprint density at radius 2 is 1.40 bits per heavy atom. The fourth-order valence-electron chi connectivity index (χ4n) is 0. The zero-order chi connectivity index (χ0) is 7.41. The van der Waals surface area contributed by atoms with E-state index in [0.717, 1.165) is 7.11 Å². The van der Waals surface area contributed by atoms with Gasteiger partial charge in [-0.25, -0.2) is 5.26 Å². The maximum Gasteiger partial charge on any atom is 0.130 e. The molecule has 0 unspecified atom stereocenters. The van der Waals surface area contributed by atoms with E-state index in [9.17, 15) is 0 Å². The van der Waals surface area contributed by atoms with Crippen LogP contribution in [0.15, 0.2) is 0 Å². The van der Waals surface area contributed by atoms with Crippen molar-refractivity contribution < 1.29 is 10.2 Å². The van der Waals surface area contributed by atoms with E-state index >= 15 is 0 Å². The van der Waals surface area contributed by atoms with Crippen molar-refractivity contribution in [2.45, 2.75) is 14.9 Å². The van der Waals surface area contributed by atoms with E-state index in [1.807, 2.05) is 0 Å². The van der Waals surface area contributed by atoms with Crippen LogP contribution < -0.4 is 0 Å². The van der Waals surface area contributed by atoms with Crippen LogP contribution in [0, 0.1) is 23.2 Å². The zero-order valence-electron chi connectivity index (χ0n) is 4.57. The molecule has 0 fully saturated rings. The Kier molecular flexibility index (Phi) is 1700. The molecule has 0 amide bonds. The number of nitrogens with zero attached hydrogens (tertiary/aromatic N) is 2. The first-order valence-corrected chi connectivity index (χ1v) is 1.60. The van der Waals surface area contributed by atoms with Gasteiger partial charge in [0.2, 0.25) is 0 Å². The first-order chi connectivity index (χ1) is 3.91.